The first kappa shape index (κ1) is 12.1. The van der Waals surface area contributed by atoms with Crippen molar-refractivity contribution in [3.05, 3.63) is 29.8 Å². The first-order valence-corrected chi connectivity index (χ1v) is 6.09. The molecule has 2 unspecified atom stereocenters. The standard InChI is InChI=1S/C14H18O3/c1-3-16-13-6-4-11(5-7-13)14(15)12-8-10(2)17-9-12/h4-7,10,12H,3,8-9H2,1-2H3. The molecule has 2 rings (SSSR count). The molecule has 0 N–H and O–H groups in total. The van der Waals surface area contributed by atoms with E-state index in [1.807, 2.05) is 38.1 Å². The van der Waals surface area contributed by atoms with Crippen LogP contribution in [-0.2, 0) is 4.74 Å². The van der Waals surface area contributed by atoms with Gasteiger partial charge in [0, 0.05) is 11.5 Å². The second kappa shape index (κ2) is 5.32. The van der Waals surface area contributed by atoms with Gasteiger partial charge in [-0.25, -0.2) is 0 Å². The fourth-order valence-electron chi connectivity index (χ4n) is 2.12. The highest BCUT2D eigenvalue weighted by Gasteiger charge is 2.28. The quantitative estimate of drug-likeness (QED) is 0.751. The summed E-state index contributed by atoms with van der Waals surface area (Å²) >= 11 is 0. The van der Waals surface area contributed by atoms with Crippen LogP contribution in [0.4, 0.5) is 0 Å². The number of benzene rings is 1. The lowest BCUT2D eigenvalue weighted by Gasteiger charge is -2.08. The van der Waals surface area contributed by atoms with E-state index in [0.717, 1.165) is 17.7 Å². The molecule has 17 heavy (non-hydrogen) atoms. The highest BCUT2D eigenvalue weighted by atomic mass is 16.5. The van der Waals surface area contributed by atoms with E-state index in [1.165, 1.54) is 0 Å². The van der Waals surface area contributed by atoms with Gasteiger partial charge in [0.15, 0.2) is 5.78 Å². The van der Waals surface area contributed by atoms with Gasteiger partial charge in [0.1, 0.15) is 5.75 Å². The van der Waals surface area contributed by atoms with Crippen LogP contribution in [0.1, 0.15) is 30.6 Å². The highest BCUT2D eigenvalue weighted by Crippen LogP contribution is 2.24. The summed E-state index contributed by atoms with van der Waals surface area (Å²) in [6.45, 7) is 5.14. The Balaban J connectivity index is 2.04. The molecule has 0 spiro atoms. The van der Waals surface area contributed by atoms with Crippen LogP contribution in [0.5, 0.6) is 5.75 Å². The topological polar surface area (TPSA) is 35.5 Å². The fraction of sp³-hybridized carbons (Fsp3) is 0.500. The molecule has 0 amide bonds. The minimum atomic E-state index is 0.0166. The van der Waals surface area contributed by atoms with Crippen molar-refractivity contribution < 1.29 is 14.3 Å². The lowest BCUT2D eigenvalue weighted by Crippen LogP contribution is -2.14. The van der Waals surface area contributed by atoms with E-state index < -0.39 is 0 Å². The van der Waals surface area contributed by atoms with Gasteiger partial charge in [-0.05, 0) is 44.5 Å². The summed E-state index contributed by atoms with van der Waals surface area (Å²) in [7, 11) is 0. The summed E-state index contributed by atoms with van der Waals surface area (Å²) in [6, 6.07) is 7.35. The molecule has 1 aromatic rings. The van der Waals surface area contributed by atoms with Gasteiger partial charge in [-0.1, -0.05) is 0 Å². The Labute approximate surface area is 102 Å². The minimum Gasteiger partial charge on any atom is -0.494 e. The first-order valence-electron chi connectivity index (χ1n) is 6.09. The van der Waals surface area contributed by atoms with Crippen LogP contribution in [0.25, 0.3) is 0 Å². The molecule has 0 bridgehead atoms. The number of carbonyl (C=O) groups excluding carboxylic acids is 1. The molecular weight excluding hydrogens is 216 g/mol. The van der Waals surface area contributed by atoms with Crippen LogP contribution in [0.15, 0.2) is 24.3 Å². The predicted octanol–water partition coefficient (Wildman–Crippen LogP) is 2.69. The summed E-state index contributed by atoms with van der Waals surface area (Å²) < 4.78 is 10.8. The number of ketones is 1. The Kier molecular flexibility index (Phi) is 3.79. The van der Waals surface area contributed by atoms with Crippen LogP contribution in [0, 0.1) is 5.92 Å². The van der Waals surface area contributed by atoms with Crippen molar-refractivity contribution in [1.82, 2.24) is 0 Å². The minimum absolute atomic E-state index is 0.0166. The second-order valence-electron chi connectivity index (χ2n) is 4.40. The lowest BCUT2D eigenvalue weighted by molar-refractivity contribution is 0.0877. The van der Waals surface area contributed by atoms with Gasteiger partial charge in [0.2, 0.25) is 0 Å². The Morgan fingerprint density at radius 2 is 2.12 bits per heavy atom. The molecule has 1 fully saturated rings. The lowest BCUT2D eigenvalue weighted by atomic mass is 9.95. The normalized spacial score (nSPS) is 23.6. The van der Waals surface area contributed by atoms with Crippen molar-refractivity contribution in [2.45, 2.75) is 26.4 Å². The summed E-state index contributed by atoms with van der Waals surface area (Å²) in [5, 5.41) is 0. The Bertz CT molecular complexity index is 383. The summed E-state index contributed by atoms with van der Waals surface area (Å²) in [5.41, 5.74) is 0.746. The van der Waals surface area contributed by atoms with E-state index in [0.29, 0.717) is 13.2 Å². The van der Waals surface area contributed by atoms with Crippen molar-refractivity contribution in [3.63, 3.8) is 0 Å². The van der Waals surface area contributed by atoms with E-state index in [9.17, 15) is 4.79 Å². The van der Waals surface area contributed by atoms with Crippen molar-refractivity contribution in [1.29, 1.82) is 0 Å². The zero-order chi connectivity index (χ0) is 12.3. The van der Waals surface area contributed by atoms with Gasteiger partial charge >= 0.3 is 0 Å². The SMILES string of the molecule is CCOc1ccc(C(=O)C2COC(C)C2)cc1. The van der Waals surface area contributed by atoms with Crippen LogP contribution in [0.3, 0.4) is 0 Å². The third kappa shape index (κ3) is 2.86. The van der Waals surface area contributed by atoms with Crippen molar-refractivity contribution in [3.8, 4) is 5.75 Å². The third-order valence-electron chi connectivity index (χ3n) is 3.02. The maximum Gasteiger partial charge on any atom is 0.168 e. The molecule has 3 heteroatoms. The second-order valence-corrected chi connectivity index (χ2v) is 4.40. The van der Waals surface area contributed by atoms with E-state index in [-0.39, 0.29) is 17.8 Å². The van der Waals surface area contributed by atoms with Crippen molar-refractivity contribution in [2.75, 3.05) is 13.2 Å². The van der Waals surface area contributed by atoms with Crippen LogP contribution < -0.4 is 4.74 Å². The van der Waals surface area contributed by atoms with Crippen LogP contribution >= 0.6 is 0 Å². The maximum absolute atomic E-state index is 12.1. The first-order chi connectivity index (χ1) is 8.20. The molecule has 0 aliphatic carbocycles. The molecule has 3 nitrogen and oxygen atoms in total. The third-order valence-corrected chi connectivity index (χ3v) is 3.02. The molecular formula is C14H18O3. The zero-order valence-corrected chi connectivity index (χ0v) is 10.3. The largest absolute Gasteiger partial charge is 0.494 e. The Morgan fingerprint density at radius 3 is 2.65 bits per heavy atom. The van der Waals surface area contributed by atoms with Crippen molar-refractivity contribution in [2.24, 2.45) is 5.92 Å². The van der Waals surface area contributed by atoms with E-state index in [4.69, 9.17) is 9.47 Å². The number of ether oxygens (including phenoxy) is 2. The molecule has 1 aliphatic rings. The fourth-order valence-corrected chi connectivity index (χ4v) is 2.12. The van der Waals surface area contributed by atoms with Crippen molar-refractivity contribution >= 4 is 5.78 Å². The van der Waals surface area contributed by atoms with Gasteiger partial charge in [-0.2, -0.15) is 0 Å². The molecule has 1 saturated heterocycles. The molecule has 0 saturated carbocycles. The predicted molar refractivity (Wildman–Crippen MR) is 65.5 cm³/mol. The average Bonchev–Trinajstić information content (AvgIpc) is 2.76. The van der Waals surface area contributed by atoms with E-state index in [1.54, 1.807) is 0 Å². The summed E-state index contributed by atoms with van der Waals surface area (Å²) in [5.74, 6) is 1.00. The van der Waals surface area contributed by atoms with E-state index >= 15 is 0 Å². The molecule has 1 aromatic carbocycles. The molecule has 1 aliphatic heterocycles. The monoisotopic (exact) mass is 234 g/mol. The van der Waals surface area contributed by atoms with Gasteiger partial charge in [-0.3, -0.25) is 4.79 Å². The number of carbonyl (C=O) groups is 1. The Hall–Kier alpha value is -1.35. The summed E-state index contributed by atoms with van der Waals surface area (Å²) in [6.07, 6.45) is 1.03. The molecule has 92 valence electrons. The van der Waals surface area contributed by atoms with E-state index in [2.05, 4.69) is 0 Å². The molecule has 0 radical (unpaired) electrons. The highest BCUT2D eigenvalue weighted by molar-refractivity contribution is 5.98. The number of hydrogen-bond donors (Lipinski definition) is 0. The Morgan fingerprint density at radius 1 is 1.41 bits per heavy atom. The molecule has 0 aromatic heterocycles. The summed E-state index contributed by atoms with van der Waals surface area (Å²) in [4.78, 5) is 12.1. The van der Waals surface area contributed by atoms with Gasteiger partial charge < -0.3 is 9.47 Å². The maximum atomic E-state index is 12.1. The van der Waals surface area contributed by atoms with Gasteiger partial charge in [-0.15, -0.1) is 0 Å². The smallest absolute Gasteiger partial charge is 0.168 e. The number of hydrogen-bond acceptors (Lipinski definition) is 3. The molecule has 1 heterocycles. The number of Topliss-reactive ketones (excluding diaryl/α,β-unsaturated/α-hetero) is 1. The average molecular weight is 234 g/mol. The zero-order valence-electron chi connectivity index (χ0n) is 10.3. The van der Waals surface area contributed by atoms with Gasteiger partial charge in [0.25, 0.3) is 0 Å². The van der Waals surface area contributed by atoms with Crippen LogP contribution in [0.2, 0.25) is 0 Å². The number of rotatable bonds is 4. The van der Waals surface area contributed by atoms with Crippen LogP contribution in [-0.4, -0.2) is 25.1 Å². The van der Waals surface area contributed by atoms with Gasteiger partial charge in [0.05, 0.1) is 19.3 Å². The molecule has 2 atom stereocenters.